The molecular weight excluding hydrogens is 324 g/mol. The third kappa shape index (κ3) is 3.37. The molecule has 0 amide bonds. The van der Waals surface area contributed by atoms with Crippen LogP contribution in [0.2, 0.25) is 0 Å². The fourth-order valence-electron chi connectivity index (χ4n) is 5.48. The normalized spacial score (nSPS) is 42.7. The quantitative estimate of drug-likeness (QED) is 0.741. The summed E-state index contributed by atoms with van der Waals surface area (Å²) >= 11 is 0. The third-order valence-electron chi connectivity index (χ3n) is 7.01. The van der Waals surface area contributed by atoms with Crippen LogP contribution in [0.5, 0.6) is 0 Å². The molecule has 0 radical (unpaired) electrons. The summed E-state index contributed by atoms with van der Waals surface area (Å²) in [4.78, 5) is 0. The fraction of sp³-hybridized carbons (Fsp3) is 0.652. The van der Waals surface area contributed by atoms with Gasteiger partial charge in [0.05, 0.1) is 18.3 Å². The van der Waals surface area contributed by atoms with Gasteiger partial charge in [-0.25, -0.2) is 0 Å². The molecule has 144 valence electrons. The number of ether oxygens (including phenoxy) is 2. The molecule has 3 fully saturated rings. The first-order valence-corrected chi connectivity index (χ1v) is 9.93. The standard InChI is InChI=1S/C23H34O3/c1-6-19-21(24)14-20-16(8-7-11-23(19,20)3)9-10-17-12-18(25-4)13-22(26-5)15(17)2/h6,9-10,18,20-22,24H,2,7-8,11-14H2,1,3-5H3/b16-9+,17-10-,19-6-. The topological polar surface area (TPSA) is 38.7 Å². The molecule has 0 aromatic heterocycles. The van der Waals surface area contributed by atoms with Crippen LogP contribution in [0.1, 0.15) is 52.4 Å². The summed E-state index contributed by atoms with van der Waals surface area (Å²) in [6.07, 6.45) is 12.7. The van der Waals surface area contributed by atoms with Gasteiger partial charge in [0.2, 0.25) is 0 Å². The van der Waals surface area contributed by atoms with Crippen LogP contribution in [0.4, 0.5) is 0 Å². The highest BCUT2D eigenvalue weighted by Crippen LogP contribution is 2.57. The Morgan fingerprint density at radius 3 is 2.62 bits per heavy atom. The van der Waals surface area contributed by atoms with Crippen molar-refractivity contribution in [3.05, 3.63) is 47.1 Å². The van der Waals surface area contributed by atoms with E-state index in [1.54, 1.807) is 14.2 Å². The van der Waals surface area contributed by atoms with Crippen LogP contribution < -0.4 is 0 Å². The Morgan fingerprint density at radius 1 is 1.19 bits per heavy atom. The van der Waals surface area contributed by atoms with Crippen molar-refractivity contribution in [1.82, 2.24) is 0 Å². The van der Waals surface area contributed by atoms with Crippen molar-refractivity contribution in [3.63, 3.8) is 0 Å². The number of hydrogen-bond donors (Lipinski definition) is 1. The summed E-state index contributed by atoms with van der Waals surface area (Å²) in [7, 11) is 3.52. The number of allylic oxidation sites excluding steroid dienone is 4. The molecule has 3 saturated carbocycles. The first kappa shape index (κ1) is 19.6. The van der Waals surface area contributed by atoms with Crippen molar-refractivity contribution in [2.45, 2.75) is 70.7 Å². The zero-order chi connectivity index (χ0) is 18.9. The first-order chi connectivity index (χ1) is 12.4. The first-order valence-electron chi connectivity index (χ1n) is 9.93. The van der Waals surface area contributed by atoms with E-state index < -0.39 is 0 Å². The minimum atomic E-state index is -0.287. The Kier molecular flexibility index (Phi) is 5.91. The molecule has 3 aliphatic carbocycles. The van der Waals surface area contributed by atoms with Gasteiger partial charge in [0.25, 0.3) is 0 Å². The molecule has 0 spiro atoms. The molecule has 0 heterocycles. The monoisotopic (exact) mass is 358 g/mol. The Labute approximate surface area is 158 Å². The number of fused-ring (bicyclic) bond motifs is 1. The van der Waals surface area contributed by atoms with E-state index in [1.165, 1.54) is 29.6 Å². The highest BCUT2D eigenvalue weighted by molar-refractivity contribution is 5.40. The summed E-state index contributed by atoms with van der Waals surface area (Å²) < 4.78 is 11.2. The van der Waals surface area contributed by atoms with Crippen LogP contribution in [-0.4, -0.2) is 37.6 Å². The largest absolute Gasteiger partial charge is 0.389 e. The highest BCUT2D eigenvalue weighted by atomic mass is 16.5. The lowest BCUT2D eigenvalue weighted by Gasteiger charge is -2.39. The Bertz CT molecular complexity index is 642. The van der Waals surface area contributed by atoms with Crippen molar-refractivity contribution in [2.24, 2.45) is 11.3 Å². The predicted octanol–water partition coefficient (Wildman–Crippen LogP) is 4.74. The molecule has 3 heteroatoms. The van der Waals surface area contributed by atoms with Gasteiger partial charge in [-0.15, -0.1) is 0 Å². The van der Waals surface area contributed by atoms with E-state index in [0.29, 0.717) is 5.92 Å². The lowest BCUT2D eigenvalue weighted by molar-refractivity contribution is 0.0277. The van der Waals surface area contributed by atoms with Crippen molar-refractivity contribution in [2.75, 3.05) is 14.2 Å². The maximum Gasteiger partial charge on any atom is 0.0842 e. The van der Waals surface area contributed by atoms with Crippen molar-refractivity contribution in [3.8, 4) is 0 Å². The van der Waals surface area contributed by atoms with Gasteiger partial charge < -0.3 is 14.6 Å². The molecule has 3 aliphatic rings. The fourth-order valence-corrected chi connectivity index (χ4v) is 5.48. The number of hydrogen-bond acceptors (Lipinski definition) is 3. The van der Waals surface area contributed by atoms with Crippen LogP contribution in [0.15, 0.2) is 47.1 Å². The van der Waals surface area contributed by atoms with Gasteiger partial charge in [0.15, 0.2) is 0 Å². The molecule has 3 rings (SSSR count). The zero-order valence-electron chi connectivity index (χ0n) is 16.8. The number of methoxy groups -OCH3 is 2. The predicted molar refractivity (Wildman–Crippen MR) is 106 cm³/mol. The van der Waals surface area contributed by atoms with Crippen molar-refractivity contribution < 1.29 is 14.6 Å². The molecule has 0 saturated heterocycles. The van der Waals surface area contributed by atoms with Crippen LogP contribution in [-0.2, 0) is 9.47 Å². The smallest absolute Gasteiger partial charge is 0.0842 e. The molecular formula is C23H34O3. The number of aliphatic hydroxyl groups is 1. The molecule has 26 heavy (non-hydrogen) atoms. The minimum Gasteiger partial charge on any atom is -0.389 e. The second-order valence-corrected chi connectivity index (χ2v) is 8.30. The molecule has 0 bridgehead atoms. The van der Waals surface area contributed by atoms with Crippen LogP contribution >= 0.6 is 0 Å². The Morgan fingerprint density at radius 2 is 1.96 bits per heavy atom. The van der Waals surface area contributed by atoms with E-state index in [1.807, 2.05) is 0 Å². The third-order valence-corrected chi connectivity index (χ3v) is 7.01. The SMILES string of the molecule is C=C1/C(=C\C=C2/CCCC3(C)/C(=C\C)C(O)CC23)CC(OC)CC1OC. The van der Waals surface area contributed by atoms with Gasteiger partial charge in [-0.1, -0.05) is 37.3 Å². The van der Waals surface area contributed by atoms with Gasteiger partial charge >= 0.3 is 0 Å². The van der Waals surface area contributed by atoms with Crippen molar-refractivity contribution in [1.29, 1.82) is 0 Å². The zero-order valence-corrected chi connectivity index (χ0v) is 16.8. The van der Waals surface area contributed by atoms with E-state index >= 15 is 0 Å². The summed E-state index contributed by atoms with van der Waals surface area (Å²) in [5.41, 5.74) is 5.14. The van der Waals surface area contributed by atoms with E-state index in [2.05, 4.69) is 38.7 Å². The molecule has 5 unspecified atom stereocenters. The Balaban J connectivity index is 1.87. The molecule has 0 aromatic carbocycles. The van der Waals surface area contributed by atoms with Gasteiger partial charge in [-0.05, 0) is 67.1 Å². The average molecular weight is 359 g/mol. The number of aliphatic hydroxyl groups excluding tert-OH is 1. The molecule has 0 aliphatic heterocycles. The summed E-state index contributed by atoms with van der Waals surface area (Å²) in [6, 6.07) is 0. The van der Waals surface area contributed by atoms with E-state index in [9.17, 15) is 5.11 Å². The van der Waals surface area contributed by atoms with Gasteiger partial charge in [-0.3, -0.25) is 0 Å². The van der Waals surface area contributed by atoms with Crippen LogP contribution in [0, 0.1) is 11.3 Å². The molecule has 3 nitrogen and oxygen atoms in total. The second kappa shape index (κ2) is 7.84. The maximum absolute atomic E-state index is 10.5. The summed E-state index contributed by atoms with van der Waals surface area (Å²) in [5.74, 6) is 0.447. The van der Waals surface area contributed by atoms with Crippen molar-refractivity contribution >= 4 is 0 Å². The van der Waals surface area contributed by atoms with E-state index in [4.69, 9.17) is 9.47 Å². The maximum atomic E-state index is 10.5. The van der Waals surface area contributed by atoms with Gasteiger partial charge in [0, 0.05) is 20.6 Å². The molecule has 1 N–H and O–H groups in total. The number of rotatable bonds is 3. The minimum absolute atomic E-state index is 0.0397. The summed E-state index contributed by atoms with van der Waals surface area (Å²) in [5, 5.41) is 10.5. The van der Waals surface area contributed by atoms with Crippen LogP contribution in [0.3, 0.4) is 0 Å². The highest BCUT2D eigenvalue weighted by Gasteiger charge is 2.49. The lowest BCUT2D eigenvalue weighted by Crippen LogP contribution is -2.30. The average Bonchev–Trinajstić information content (AvgIpc) is 2.90. The lowest BCUT2D eigenvalue weighted by atomic mass is 9.65. The van der Waals surface area contributed by atoms with E-state index in [0.717, 1.165) is 31.3 Å². The van der Waals surface area contributed by atoms with Gasteiger partial charge in [0.1, 0.15) is 0 Å². The second-order valence-electron chi connectivity index (χ2n) is 8.30. The van der Waals surface area contributed by atoms with E-state index in [-0.39, 0.29) is 23.7 Å². The Hall–Kier alpha value is -1.16. The molecule has 0 aromatic rings. The van der Waals surface area contributed by atoms with Crippen LogP contribution in [0.25, 0.3) is 0 Å². The molecule has 5 atom stereocenters. The van der Waals surface area contributed by atoms with Gasteiger partial charge in [-0.2, -0.15) is 0 Å². The summed E-state index contributed by atoms with van der Waals surface area (Å²) in [6.45, 7) is 8.67.